The molecule has 1 rings (SSSR count). The normalized spacial score (nSPS) is 12.0. The number of rotatable bonds is 3. The van der Waals surface area contributed by atoms with Gasteiger partial charge >= 0.3 is 0 Å². The number of thiophene rings is 1. The van der Waals surface area contributed by atoms with Gasteiger partial charge < -0.3 is 5.73 Å². The summed E-state index contributed by atoms with van der Waals surface area (Å²) in [7, 11) is 0. The van der Waals surface area contributed by atoms with Gasteiger partial charge in [0.15, 0.2) is 0 Å². The van der Waals surface area contributed by atoms with Crippen molar-refractivity contribution >= 4 is 28.8 Å². The van der Waals surface area contributed by atoms with Gasteiger partial charge in [0.05, 0.1) is 9.21 Å². The second kappa shape index (κ2) is 4.48. The number of amidine groups is 1. The maximum absolute atomic E-state index is 5.75. The number of nitrogens with two attached hydrogens (primary N) is 1. The third kappa shape index (κ3) is 2.50. The van der Waals surface area contributed by atoms with Crippen LogP contribution in [0.4, 0.5) is 0 Å². The van der Waals surface area contributed by atoms with Crippen molar-refractivity contribution in [3.05, 3.63) is 21.3 Å². The average Bonchev–Trinajstić information content (AvgIpc) is 2.47. The zero-order chi connectivity index (χ0) is 8.97. The van der Waals surface area contributed by atoms with Gasteiger partial charge in [-0.3, -0.25) is 4.99 Å². The van der Waals surface area contributed by atoms with E-state index in [1.54, 1.807) is 0 Å². The number of halogens is 1. The van der Waals surface area contributed by atoms with Crippen molar-refractivity contribution in [2.75, 3.05) is 6.54 Å². The lowest BCUT2D eigenvalue weighted by Gasteiger charge is -1.94. The molecule has 12 heavy (non-hydrogen) atoms. The highest BCUT2D eigenvalue weighted by atomic mass is 35.5. The molecule has 0 aliphatic heterocycles. The molecule has 0 fully saturated rings. The highest BCUT2D eigenvalue weighted by Gasteiger charge is 2.00. The largest absolute Gasteiger partial charge is 0.383 e. The summed E-state index contributed by atoms with van der Waals surface area (Å²) in [5, 5.41) is 0. The van der Waals surface area contributed by atoms with Crippen molar-refractivity contribution in [3.8, 4) is 0 Å². The minimum absolute atomic E-state index is 0.591. The highest BCUT2D eigenvalue weighted by Crippen LogP contribution is 2.20. The number of hydrogen-bond donors (Lipinski definition) is 1. The maximum Gasteiger partial charge on any atom is 0.135 e. The Morgan fingerprint density at radius 1 is 1.67 bits per heavy atom. The fraction of sp³-hybridized carbons (Fsp3) is 0.375. The van der Waals surface area contributed by atoms with Crippen LogP contribution in [-0.2, 0) is 0 Å². The first-order valence-electron chi connectivity index (χ1n) is 3.79. The molecule has 0 unspecified atom stereocenters. The molecule has 66 valence electrons. The van der Waals surface area contributed by atoms with Gasteiger partial charge in [-0.1, -0.05) is 18.5 Å². The SMILES string of the molecule is CCCN=C(N)c1ccc(Cl)s1. The van der Waals surface area contributed by atoms with Crippen LogP contribution in [0.25, 0.3) is 0 Å². The molecule has 1 heterocycles. The second-order valence-corrected chi connectivity index (χ2v) is 4.09. The van der Waals surface area contributed by atoms with Crippen molar-refractivity contribution < 1.29 is 0 Å². The van der Waals surface area contributed by atoms with Gasteiger partial charge in [0.1, 0.15) is 5.84 Å². The van der Waals surface area contributed by atoms with E-state index in [4.69, 9.17) is 17.3 Å². The molecule has 0 atom stereocenters. The van der Waals surface area contributed by atoms with Crippen molar-refractivity contribution in [1.82, 2.24) is 0 Å². The van der Waals surface area contributed by atoms with Crippen molar-refractivity contribution in [3.63, 3.8) is 0 Å². The first-order valence-corrected chi connectivity index (χ1v) is 4.99. The van der Waals surface area contributed by atoms with Crippen LogP contribution in [0.1, 0.15) is 18.2 Å². The van der Waals surface area contributed by atoms with E-state index in [1.165, 1.54) is 11.3 Å². The van der Waals surface area contributed by atoms with E-state index in [2.05, 4.69) is 11.9 Å². The molecule has 0 bridgehead atoms. The molecule has 1 aromatic heterocycles. The quantitative estimate of drug-likeness (QED) is 0.594. The van der Waals surface area contributed by atoms with Crippen molar-refractivity contribution in [2.24, 2.45) is 10.7 Å². The summed E-state index contributed by atoms with van der Waals surface area (Å²) in [6.45, 7) is 2.85. The van der Waals surface area contributed by atoms with Gasteiger partial charge in [-0.05, 0) is 18.6 Å². The summed E-state index contributed by atoms with van der Waals surface area (Å²) in [5.41, 5.74) is 5.70. The smallest absolute Gasteiger partial charge is 0.135 e. The van der Waals surface area contributed by atoms with Crippen LogP contribution >= 0.6 is 22.9 Å². The van der Waals surface area contributed by atoms with Crippen LogP contribution in [0.5, 0.6) is 0 Å². The molecule has 2 nitrogen and oxygen atoms in total. The Morgan fingerprint density at radius 3 is 2.92 bits per heavy atom. The van der Waals surface area contributed by atoms with Gasteiger partial charge in [0.2, 0.25) is 0 Å². The van der Waals surface area contributed by atoms with Crippen LogP contribution < -0.4 is 5.73 Å². The molecule has 0 amide bonds. The first-order chi connectivity index (χ1) is 5.74. The molecule has 0 radical (unpaired) electrons. The summed E-state index contributed by atoms with van der Waals surface area (Å²) in [6.07, 6.45) is 1.01. The van der Waals surface area contributed by atoms with Crippen molar-refractivity contribution in [1.29, 1.82) is 0 Å². The lowest BCUT2D eigenvalue weighted by molar-refractivity contribution is 0.931. The topological polar surface area (TPSA) is 38.4 Å². The zero-order valence-electron chi connectivity index (χ0n) is 6.88. The number of hydrogen-bond acceptors (Lipinski definition) is 2. The Bertz CT molecular complexity index is 280. The van der Waals surface area contributed by atoms with Gasteiger partial charge in [-0.25, -0.2) is 0 Å². The molecule has 0 aliphatic carbocycles. The molecule has 0 saturated heterocycles. The standard InChI is InChI=1S/C8H11ClN2S/c1-2-5-11-8(10)6-3-4-7(9)12-6/h3-4H,2,5H2,1H3,(H2,10,11). The molecular formula is C8H11ClN2S. The summed E-state index contributed by atoms with van der Waals surface area (Å²) < 4.78 is 0.750. The average molecular weight is 203 g/mol. The zero-order valence-corrected chi connectivity index (χ0v) is 8.45. The maximum atomic E-state index is 5.75. The fourth-order valence-corrected chi connectivity index (χ4v) is 1.73. The molecule has 0 saturated carbocycles. The molecule has 0 aromatic carbocycles. The van der Waals surface area contributed by atoms with Gasteiger partial charge in [0.25, 0.3) is 0 Å². The van der Waals surface area contributed by atoms with E-state index >= 15 is 0 Å². The summed E-state index contributed by atoms with van der Waals surface area (Å²) in [6, 6.07) is 3.72. The van der Waals surface area contributed by atoms with E-state index in [9.17, 15) is 0 Å². The molecular weight excluding hydrogens is 192 g/mol. The molecule has 4 heteroatoms. The van der Waals surface area contributed by atoms with E-state index in [1.807, 2.05) is 12.1 Å². The van der Waals surface area contributed by atoms with Gasteiger partial charge in [-0.2, -0.15) is 0 Å². The summed E-state index contributed by atoms with van der Waals surface area (Å²) >= 11 is 7.20. The molecule has 1 aromatic rings. The monoisotopic (exact) mass is 202 g/mol. The van der Waals surface area contributed by atoms with E-state index in [0.717, 1.165) is 22.2 Å². The Labute approximate surface area is 81.1 Å². The number of nitrogens with zero attached hydrogens (tertiary/aromatic N) is 1. The lowest BCUT2D eigenvalue weighted by atomic mass is 10.4. The Kier molecular flexibility index (Phi) is 3.56. The third-order valence-corrected chi connectivity index (χ3v) is 2.59. The van der Waals surface area contributed by atoms with E-state index in [0.29, 0.717) is 5.84 Å². The highest BCUT2D eigenvalue weighted by molar-refractivity contribution is 7.18. The summed E-state index contributed by atoms with van der Waals surface area (Å²) in [5.74, 6) is 0.591. The second-order valence-electron chi connectivity index (χ2n) is 2.37. The Hall–Kier alpha value is -0.540. The van der Waals surface area contributed by atoms with Crippen LogP contribution in [0, 0.1) is 0 Å². The minimum atomic E-state index is 0.591. The van der Waals surface area contributed by atoms with Gasteiger partial charge in [-0.15, -0.1) is 11.3 Å². The van der Waals surface area contributed by atoms with Crippen LogP contribution in [0.3, 0.4) is 0 Å². The van der Waals surface area contributed by atoms with E-state index in [-0.39, 0.29) is 0 Å². The van der Waals surface area contributed by atoms with Crippen LogP contribution in [0.2, 0.25) is 4.34 Å². The van der Waals surface area contributed by atoms with E-state index < -0.39 is 0 Å². The fourth-order valence-electron chi connectivity index (χ4n) is 0.762. The Balaban J connectivity index is 2.70. The first kappa shape index (κ1) is 9.55. The molecule has 0 spiro atoms. The van der Waals surface area contributed by atoms with Crippen LogP contribution in [-0.4, -0.2) is 12.4 Å². The van der Waals surface area contributed by atoms with Crippen LogP contribution in [0.15, 0.2) is 17.1 Å². The van der Waals surface area contributed by atoms with Gasteiger partial charge in [0, 0.05) is 6.54 Å². The molecule has 0 aliphatic rings. The molecule has 2 N–H and O–H groups in total. The predicted octanol–water partition coefficient (Wildman–Crippen LogP) is 2.52. The third-order valence-electron chi connectivity index (χ3n) is 1.33. The summed E-state index contributed by atoms with van der Waals surface area (Å²) in [4.78, 5) is 5.12. The van der Waals surface area contributed by atoms with Crippen molar-refractivity contribution in [2.45, 2.75) is 13.3 Å². The Morgan fingerprint density at radius 2 is 2.42 bits per heavy atom. The number of aliphatic imine (C=N–C) groups is 1. The lowest BCUT2D eigenvalue weighted by Crippen LogP contribution is -2.11. The minimum Gasteiger partial charge on any atom is -0.383 e. The predicted molar refractivity (Wildman–Crippen MR) is 55.2 cm³/mol.